The fourth-order valence-corrected chi connectivity index (χ4v) is 4.74. The Kier molecular flexibility index (Phi) is 6.28. The quantitative estimate of drug-likeness (QED) is 0.732. The Labute approximate surface area is 179 Å². The number of nitrogens with one attached hydrogen (secondary N) is 1. The molecule has 160 valence electrons. The van der Waals surface area contributed by atoms with Gasteiger partial charge in [0.25, 0.3) is 0 Å². The highest BCUT2D eigenvalue weighted by molar-refractivity contribution is 5.69. The van der Waals surface area contributed by atoms with Gasteiger partial charge in [-0.25, -0.2) is 4.79 Å². The van der Waals surface area contributed by atoms with E-state index in [1.165, 1.54) is 17.5 Å². The number of ether oxygens (including phenoxy) is 2. The number of hydrogen-bond acceptors (Lipinski definition) is 4. The lowest BCUT2D eigenvalue weighted by molar-refractivity contribution is 0.0556. The predicted molar refractivity (Wildman–Crippen MR) is 118 cm³/mol. The molecule has 2 aliphatic rings. The molecule has 1 N–H and O–H groups in total. The maximum Gasteiger partial charge on any atom is 0.411 e. The van der Waals surface area contributed by atoms with Crippen LogP contribution in [0.3, 0.4) is 0 Å². The van der Waals surface area contributed by atoms with E-state index < -0.39 is 0 Å². The number of amides is 1. The number of fused-ring (bicyclic) bond motifs is 1. The molecule has 30 heavy (non-hydrogen) atoms. The number of rotatable bonds is 6. The lowest BCUT2D eigenvalue weighted by Crippen LogP contribution is -2.46. The summed E-state index contributed by atoms with van der Waals surface area (Å²) in [6, 6.07) is 14.7. The molecule has 1 amide bonds. The topological polar surface area (TPSA) is 50.8 Å². The molecule has 0 spiro atoms. The van der Waals surface area contributed by atoms with Gasteiger partial charge >= 0.3 is 6.09 Å². The largest absolute Gasteiger partial charge is 0.496 e. The molecule has 2 atom stereocenters. The molecule has 5 heteroatoms. The van der Waals surface area contributed by atoms with E-state index in [9.17, 15) is 4.79 Å². The minimum absolute atomic E-state index is 0.0249. The summed E-state index contributed by atoms with van der Waals surface area (Å²) in [4.78, 5) is 14.9. The number of likely N-dealkylation sites (tertiary alicyclic amines) is 1. The lowest BCUT2D eigenvalue weighted by Gasteiger charge is -2.31. The van der Waals surface area contributed by atoms with Crippen molar-refractivity contribution in [1.29, 1.82) is 0 Å². The zero-order valence-electron chi connectivity index (χ0n) is 18.2. The van der Waals surface area contributed by atoms with Gasteiger partial charge in [-0.3, -0.25) is 10.2 Å². The normalized spacial score (nSPS) is 20.5. The second-order valence-electron chi connectivity index (χ2n) is 8.53. The molecule has 0 aromatic heterocycles. The minimum atomic E-state index is -0.255. The molecule has 5 nitrogen and oxygen atoms in total. The molecule has 1 saturated heterocycles. The van der Waals surface area contributed by atoms with E-state index >= 15 is 0 Å². The standard InChI is InChI=1S/C25H32N2O3/c1-17(2)30-25(28)27-22(18-8-5-4-6-9-18)12-13-24(27)26-16-21-14-19-10-7-11-20(19)15-23(21)29-3/h4-6,8-9,14-15,17,22,24,26H,7,10-13,16H2,1-3H3. The third-order valence-corrected chi connectivity index (χ3v) is 6.14. The van der Waals surface area contributed by atoms with Crippen molar-refractivity contribution in [1.82, 2.24) is 10.2 Å². The highest BCUT2D eigenvalue weighted by Crippen LogP contribution is 2.36. The first kappa shape index (κ1) is 20.7. The maximum atomic E-state index is 13.0. The summed E-state index contributed by atoms with van der Waals surface area (Å²) in [7, 11) is 1.73. The summed E-state index contributed by atoms with van der Waals surface area (Å²) in [6.07, 6.45) is 4.82. The minimum Gasteiger partial charge on any atom is -0.496 e. The second-order valence-corrected chi connectivity index (χ2v) is 8.53. The average Bonchev–Trinajstić information content (AvgIpc) is 3.38. The Bertz CT molecular complexity index is 881. The zero-order chi connectivity index (χ0) is 21.1. The van der Waals surface area contributed by atoms with Crippen LogP contribution < -0.4 is 10.1 Å². The van der Waals surface area contributed by atoms with Gasteiger partial charge in [0.05, 0.1) is 25.4 Å². The van der Waals surface area contributed by atoms with E-state index in [4.69, 9.17) is 9.47 Å². The summed E-state index contributed by atoms with van der Waals surface area (Å²) in [5.74, 6) is 0.928. The molecule has 0 saturated carbocycles. The molecule has 0 radical (unpaired) electrons. The van der Waals surface area contributed by atoms with Crippen LogP contribution in [0.25, 0.3) is 0 Å². The SMILES string of the molecule is COc1cc2c(cc1CNC1CCC(c3ccccc3)N1C(=O)OC(C)C)CCC2. The highest BCUT2D eigenvalue weighted by Gasteiger charge is 2.39. The molecule has 2 aromatic rings. The molecule has 1 fully saturated rings. The second kappa shape index (κ2) is 9.09. The fourth-order valence-electron chi connectivity index (χ4n) is 4.74. The molecule has 1 heterocycles. The Balaban J connectivity index is 1.53. The Morgan fingerprint density at radius 1 is 1.13 bits per heavy atom. The van der Waals surface area contributed by atoms with E-state index in [2.05, 4.69) is 29.6 Å². The summed E-state index contributed by atoms with van der Waals surface area (Å²) >= 11 is 0. The molecule has 4 rings (SSSR count). The number of nitrogens with zero attached hydrogens (tertiary/aromatic N) is 1. The van der Waals surface area contributed by atoms with E-state index in [0.29, 0.717) is 6.54 Å². The molecule has 1 aliphatic carbocycles. The summed E-state index contributed by atoms with van der Waals surface area (Å²) in [5, 5.41) is 3.61. The van der Waals surface area contributed by atoms with Gasteiger partial charge in [-0.05, 0) is 68.7 Å². The first-order valence-electron chi connectivity index (χ1n) is 11.0. The first-order valence-corrected chi connectivity index (χ1v) is 11.0. The molecular formula is C25H32N2O3. The van der Waals surface area contributed by atoms with Crippen LogP contribution in [0.1, 0.15) is 61.4 Å². The van der Waals surface area contributed by atoms with E-state index in [0.717, 1.165) is 42.6 Å². The third-order valence-electron chi connectivity index (χ3n) is 6.14. The van der Waals surface area contributed by atoms with E-state index in [-0.39, 0.29) is 24.4 Å². The lowest BCUT2D eigenvalue weighted by atomic mass is 10.0. The van der Waals surface area contributed by atoms with Gasteiger partial charge in [0.2, 0.25) is 0 Å². The van der Waals surface area contributed by atoms with Crippen LogP contribution in [-0.2, 0) is 24.1 Å². The van der Waals surface area contributed by atoms with Crippen LogP contribution in [0.2, 0.25) is 0 Å². The van der Waals surface area contributed by atoms with E-state index in [1.807, 2.05) is 36.9 Å². The smallest absolute Gasteiger partial charge is 0.411 e. The van der Waals surface area contributed by atoms with Crippen molar-refractivity contribution in [2.45, 2.75) is 70.8 Å². The maximum absolute atomic E-state index is 13.0. The van der Waals surface area contributed by atoms with Gasteiger partial charge in [-0.2, -0.15) is 0 Å². The van der Waals surface area contributed by atoms with Gasteiger partial charge in [0, 0.05) is 12.1 Å². The highest BCUT2D eigenvalue weighted by atomic mass is 16.6. The Morgan fingerprint density at radius 3 is 2.57 bits per heavy atom. The molecular weight excluding hydrogens is 376 g/mol. The van der Waals surface area contributed by atoms with Gasteiger partial charge in [0.15, 0.2) is 0 Å². The first-order chi connectivity index (χ1) is 14.6. The van der Waals surface area contributed by atoms with Gasteiger partial charge in [-0.1, -0.05) is 36.4 Å². The summed E-state index contributed by atoms with van der Waals surface area (Å²) < 4.78 is 11.3. The summed E-state index contributed by atoms with van der Waals surface area (Å²) in [6.45, 7) is 4.45. The van der Waals surface area contributed by atoms with Crippen LogP contribution in [0.4, 0.5) is 4.79 Å². The summed E-state index contributed by atoms with van der Waals surface area (Å²) in [5.41, 5.74) is 5.14. The van der Waals surface area contributed by atoms with Crippen LogP contribution in [0.5, 0.6) is 5.75 Å². The van der Waals surface area contributed by atoms with Crippen molar-refractivity contribution in [2.24, 2.45) is 0 Å². The number of methoxy groups -OCH3 is 1. The molecule has 2 unspecified atom stereocenters. The van der Waals surface area contributed by atoms with Gasteiger partial charge < -0.3 is 9.47 Å². The number of benzene rings is 2. The van der Waals surface area contributed by atoms with Crippen LogP contribution in [0, 0.1) is 0 Å². The molecule has 1 aliphatic heterocycles. The third kappa shape index (κ3) is 4.31. The van der Waals surface area contributed by atoms with Crippen LogP contribution in [-0.4, -0.2) is 30.4 Å². The van der Waals surface area contributed by atoms with Crippen LogP contribution >= 0.6 is 0 Å². The van der Waals surface area contributed by atoms with E-state index in [1.54, 1.807) is 7.11 Å². The van der Waals surface area contributed by atoms with Gasteiger partial charge in [0.1, 0.15) is 5.75 Å². The molecule has 0 bridgehead atoms. The number of carbonyl (C=O) groups excluding carboxylic acids is 1. The van der Waals surface area contributed by atoms with Crippen molar-refractivity contribution in [3.63, 3.8) is 0 Å². The van der Waals surface area contributed by atoms with Crippen molar-refractivity contribution < 1.29 is 14.3 Å². The monoisotopic (exact) mass is 408 g/mol. The average molecular weight is 409 g/mol. The number of aryl methyl sites for hydroxylation is 2. The fraction of sp³-hybridized carbons (Fsp3) is 0.480. The van der Waals surface area contributed by atoms with Gasteiger partial charge in [-0.15, -0.1) is 0 Å². The number of carbonyl (C=O) groups is 1. The van der Waals surface area contributed by atoms with Crippen molar-refractivity contribution in [2.75, 3.05) is 7.11 Å². The Hall–Kier alpha value is -2.53. The van der Waals surface area contributed by atoms with Crippen LogP contribution in [0.15, 0.2) is 42.5 Å². The van der Waals surface area contributed by atoms with Crippen molar-refractivity contribution in [3.05, 3.63) is 64.7 Å². The van der Waals surface area contributed by atoms with Crippen molar-refractivity contribution >= 4 is 6.09 Å². The van der Waals surface area contributed by atoms with Crippen molar-refractivity contribution in [3.8, 4) is 5.75 Å². The predicted octanol–water partition coefficient (Wildman–Crippen LogP) is 4.98. The molecule has 2 aromatic carbocycles. The number of hydrogen-bond donors (Lipinski definition) is 1. The Morgan fingerprint density at radius 2 is 1.87 bits per heavy atom. The zero-order valence-corrected chi connectivity index (χ0v) is 18.2.